The van der Waals surface area contributed by atoms with Crippen LogP contribution in [-0.2, 0) is 13.5 Å². The third-order valence-electron chi connectivity index (χ3n) is 4.34. The molecule has 2 aromatic heterocycles. The first kappa shape index (κ1) is 16.5. The van der Waals surface area contributed by atoms with Crippen LogP contribution in [0.4, 0.5) is 5.13 Å². The van der Waals surface area contributed by atoms with E-state index < -0.39 is 0 Å². The van der Waals surface area contributed by atoms with Crippen LogP contribution >= 0.6 is 11.3 Å². The number of amides is 1. The molecule has 0 bridgehead atoms. The number of rotatable bonds is 4. The molecule has 3 aromatic rings. The zero-order chi connectivity index (χ0) is 18.4. The minimum Gasteiger partial charge on any atom is -0.493 e. The first-order chi connectivity index (χ1) is 12.5. The van der Waals surface area contributed by atoms with Gasteiger partial charge in [0.05, 0.1) is 19.9 Å². The number of benzene rings is 1. The fraction of sp³-hybridized carbons (Fsp3) is 0.294. The SMILES string of the molecule is COc1cc2c(cc1OC)-c1c(c(C(=O)Nc3nnc(C)s3)nn1C)C2. The fourth-order valence-corrected chi connectivity index (χ4v) is 3.82. The molecule has 1 N–H and O–H groups in total. The van der Waals surface area contributed by atoms with E-state index in [0.29, 0.717) is 28.7 Å². The molecular formula is C17H17N5O3S. The van der Waals surface area contributed by atoms with Gasteiger partial charge in [0, 0.05) is 24.6 Å². The Morgan fingerprint density at radius 2 is 1.96 bits per heavy atom. The van der Waals surface area contributed by atoms with Crippen molar-refractivity contribution in [3.8, 4) is 22.8 Å². The van der Waals surface area contributed by atoms with Gasteiger partial charge in [-0.15, -0.1) is 10.2 Å². The van der Waals surface area contributed by atoms with Gasteiger partial charge in [-0.05, 0) is 24.6 Å². The van der Waals surface area contributed by atoms with Crippen LogP contribution in [0.5, 0.6) is 11.5 Å². The van der Waals surface area contributed by atoms with Crippen molar-refractivity contribution in [3.63, 3.8) is 0 Å². The highest BCUT2D eigenvalue weighted by molar-refractivity contribution is 7.15. The number of nitrogens with one attached hydrogen (secondary N) is 1. The van der Waals surface area contributed by atoms with Crippen molar-refractivity contribution < 1.29 is 14.3 Å². The molecule has 2 heterocycles. The van der Waals surface area contributed by atoms with Crippen LogP contribution in [0.25, 0.3) is 11.3 Å². The molecule has 0 atom stereocenters. The number of hydrogen-bond donors (Lipinski definition) is 1. The second-order valence-electron chi connectivity index (χ2n) is 5.92. The Kier molecular flexibility index (Phi) is 3.87. The predicted molar refractivity (Wildman–Crippen MR) is 97.2 cm³/mol. The minimum absolute atomic E-state index is 0.287. The molecule has 0 fully saturated rings. The average Bonchev–Trinajstić information content (AvgIpc) is 3.28. The van der Waals surface area contributed by atoms with Gasteiger partial charge in [0.25, 0.3) is 5.91 Å². The molecule has 0 unspecified atom stereocenters. The quantitative estimate of drug-likeness (QED) is 0.592. The molecule has 8 nitrogen and oxygen atoms in total. The van der Waals surface area contributed by atoms with Crippen LogP contribution < -0.4 is 14.8 Å². The topological polar surface area (TPSA) is 91.2 Å². The Balaban J connectivity index is 1.73. The summed E-state index contributed by atoms with van der Waals surface area (Å²) in [7, 11) is 5.04. The number of carbonyl (C=O) groups excluding carboxylic acids is 1. The van der Waals surface area contributed by atoms with Gasteiger partial charge < -0.3 is 9.47 Å². The minimum atomic E-state index is -0.287. The molecule has 26 heavy (non-hydrogen) atoms. The Bertz CT molecular complexity index is 1020. The summed E-state index contributed by atoms with van der Waals surface area (Å²) in [4.78, 5) is 12.7. The summed E-state index contributed by atoms with van der Waals surface area (Å²) in [5.41, 5.74) is 4.27. The van der Waals surface area contributed by atoms with Gasteiger partial charge in [-0.1, -0.05) is 11.3 Å². The second-order valence-corrected chi connectivity index (χ2v) is 7.10. The molecule has 1 aliphatic rings. The molecule has 0 aliphatic heterocycles. The van der Waals surface area contributed by atoms with Gasteiger partial charge in [-0.3, -0.25) is 14.8 Å². The van der Waals surface area contributed by atoms with Crippen molar-refractivity contribution in [1.29, 1.82) is 0 Å². The maximum absolute atomic E-state index is 12.7. The van der Waals surface area contributed by atoms with E-state index in [1.807, 2.05) is 26.1 Å². The smallest absolute Gasteiger partial charge is 0.278 e. The summed E-state index contributed by atoms with van der Waals surface area (Å²) in [6.07, 6.45) is 0.608. The number of aromatic nitrogens is 4. The van der Waals surface area contributed by atoms with Crippen molar-refractivity contribution in [2.24, 2.45) is 7.05 Å². The number of hydrogen-bond acceptors (Lipinski definition) is 7. The van der Waals surface area contributed by atoms with Crippen LogP contribution in [-0.4, -0.2) is 40.1 Å². The summed E-state index contributed by atoms with van der Waals surface area (Å²) >= 11 is 1.33. The summed E-state index contributed by atoms with van der Waals surface area (Å²) in [5.74, 6) is 1.03. The highest BCUT2D eigenvalue weighted by atomic mass is 32.1. The van der Waals surface area contributed by atoms with E-state index in [2.05, 4.69) is 20.6 Å². The lowest BCUT2D eigenvalue weighted by Gasteiger charge is -2.11. The molecule has 0 saturated carbocycles. The standard InChI is InChI=1S/C17H17N5O3S/c1-8-19-20-17(26-8)18-16(23)14-11-5-9-6-12(24-3)13(25-4)7-10(9)15(11)22(2)21-14/h6-7H,5H2,1-4H3,(H,18,20,23). The molecule has 0 radical (unpaired) electrons. The fourth-order valence-electron chi connectivity index (χ4n) is 3.24. The van der Waals surface area contributed by atoms with E-state index in [-0.39, 0.29) is 5.91 Å². The maximum Gasteiger partial charge on any atom is 0.278 e. The largest absolute Gasteiger partial charge is 0.493 e. The molecule has 0 saturated heterocycles. The van der Waals surface area contributed by atoms with Crippen molar-refractivity contribution in [2.75, 3.05) is 19.5 Å². The number of anilines is 1. The van der Waals surface area contributed by atoms with Gasteiger partial charge in [0.15, 0.2) is 17.2 Å². The monoisotopic (exact) mass is 371 g/mol. The van der Waals surface area contributed by atoms with Crippen LogP contribution in [0.15, 0.2) is 12.1 Å². The number of carbonyl (C=O) groups is 1. The second kappa shape index (κ2) is 6.10. The summed E-state index contributed by atoms with van der Waals surface area (Å²) in [5, 5.41) is 16.3. The van der Waals surface area contributed by atoms with Crippen molar-refractivity contribution in [3.05, 3.63) is 34.0 Å². The van der Waals surface area contributed by atoms with Crippen LogP contribution in [0.1, 0.15) is 26.6 Å². The number of ether oxygens (including phenoxy) is 2. The average molecular weight is 371 g/mol. The van der Waals surface area contributed by atoms with Gasteiger partial charge in [0.1, 0.15) is 5.01 Å². The van der Waals surface area contributed by atoms with Gasteiger partial charge in [-0.2, -0.15) is 5.10 Å². The molecule has 4 rings (SSSR count). The number of nitrogens with zero attached hydrogens (tertiary/aromatic N) is 4. The summed E-state index contributed by atoms with van der Waals surface area (Å²) in [6.45, 7) is 1.84. The normalized spacial score (nSPS) is 11.8. The molecule has 1 aromatic carbocycles. The first-order valence-corrected chi connectivity index (χ1v) is 8.76. The Morgan fingerprint density at radius 3 is 2.62 bits per heavy atom. The van der Waals surface area contributed by atoms with Crippen molar-refractivity contribution >= 4 is 22.4 Å². The van der Waals surface area contributed by atoms with E-state index in [1.165, 1.54) is 11.3 Å². The molecule has 1 aliphatic carbocycles. The van der Waals surface area contributed by atoms with E-state index in [0.717, 1.165) is 27.4 Å². The van der Waals surface area contributed by atoms with Crippen molar-refractivity contribution in [2.45, 2.75) is 13.3 Å². The molecular weight excluding hydrogens is 354 g/mol. The van der Waals surface area contributed by atoms with Crippen LogP contribution in [0, 0.1) is 6.92 Å². The Hall–Kier alpha value is -2.94. The summed E-state index contributed by atoms with van der Waals surface area (Å²) < 4.78 is 12.5. The van der Waals surface area contributed by atoms with E-state index in [9.17, 15) is 4.79 Å². The van der Waals surface area contributed by atoms with Crippen LogP contribution in [0.3, 0.4) is 0 Å². The van der Waals surface area contributed by atoms with Gasteiger partial charge >= 0.3 is 0 Å². The molecule has 0 spiro atoms. The highest BCUT2D eigenvalue weighted by Crippen LogP contribution is 2.43. The summed E-state index contributed by atoms with van der Waals surface area (Å²) in [6, 6.07) is 3.88. The Labute approximate surface area is 153 Å². The van der Waals surface area contributed by atoms with E-state index >= 15 is 0 Å². The molecule has 9 heteroatoms. The maximum atomic E-state index is 12.7. The Morgan fingerprint density at radius 1 is 1.23 bits per heavy atom. The number of fused-ring (bicyclic) bond motifs is 3. The van der Waals surface area contributed by atoms with Crippen LogP contribution in [0.2, 0.25) is 0 Å². The lowest BCUT2D eigenvalue weighted by molar-refractivity contribution is 0.102. The van der Waals surface area contributed by atoms with Gasteiger partial charge in [0.2, 0.25) is 5.13 Å². The lowest BCUT2D eigenvalue weighted by atomic mass is 10.1. The third kappa shape index (κ3) is 2.51. The zero-order valence-corrected chi connectivity index (χ0v) is 15.6. The van der Waals surface area contributed by atoms with E-state index in [1.54, 1.807) is 18.9 Å². The molecule has 1 amide bonds. The number of aryl methyl sites for hydroxylation is 2. The van der Waals surface area contributed by atoms with Crippen molar-refractivity contribution in [1.82, 2.24) is 20.0 Å². The lowest BCUT2D eigenvalue weighted by Crippen LogP contribution is -2.14. The number of methoxy groups -OCH3 is 2. The predicted octanol–water partition coefficient (Wildman–Crippen LogP) is 2.42. The third-order valence-corrected chi connectivity index (χ3v) is 5.09. The van der Waals surface area contributed by atoms with Gasteiger partial charge in [-0.25, -0.2) is 0 Å². The zero-order valence-electron chi connectivity index (χ0n) is 14.8. The molecule has 134 valence electrons. The highest BCUT2D eigenvalue weighted by Gasteiger charge is 2.31. The van der Waals surface area contributed by atoms with E-state index in [4.69, 9.17) is 9.47 Å². The first-order valence-electron chi connectivity index (χ1n) is 7.94.